The third-order valence-corrected chi connectivity index (χ3v) is 8.64. The van der Waals surface area contributed by atoms with Crippen LogP contribution in [0.15, 0.2) is 34.0 Å². The monoisotopic (exact) mass is 356 g/mol. The Bertz CT molecular complexity index is 738. The van der Waals surface area contributed by atoms with Crippen LogP contribution in [-0.2, 0) is 0 Å². The smallest absolute Gasteiger partial charge is 0.110 e. The molecule has 4 aliphatic carbocycles. The van der Waals surface area contributed by atoms with E-state index in [2.05, 4.69) is 42.3 Å². The van der Waals surface area contributed by atoms with E-state index in [1.54, 1.807) is 0 Å². The van der Waals surface area contributed by atoms with Crippen molar-refractivity contribution in [1.82, 2.24) is 0 Å². The summed E-state index contributed by atoms with van der Waals surface area (Å²) >= 11 is 0. The van der Waals surface area contributed by atoms with E-state index >= 15 is 0 Å². The molecule has 0 spiro atoms. The summed E-state index contributed by atoms with van der Waals surface area (Å²) in [5.41, 5.74) is 2.24. The van der Waals surface area contributed by atoms with Crippen LogP contribution in [0.25, 0.3) is 0 Å². The maximum atomic E-state index is 11.5. The van der Waals surface area contributed by atoms with Crippen molar-refractivity contribution < 1.29 is 5.11 Å². The van der Waals surface area contributed by atoms with E-state index in [1.165, 1.54) is 5.57 Å². The summed E-state index contributed by atoms with van der Waals surface area (Å²) in [5, 5.41) is 19.3. The molecule has 5 nitrogen and oxygen atoms in total. The van der Waals surface area contributed by atoms with Crippen molar-refractivity contribution in [1.29, 1.82) is 0 Å². The molecule has 0 radical (unpaired) electrons. The lowest BCUT2D eigenvalue weighted by molar-refractivity contribution is -0.0748. The van der Waals surface area contributed by atoms with Crippen molar-refractivity contribution in [3.63, 3.8) is 0 Å². The highest BCUT2D eigenvalue weighted by Gasteiger charge is 2.64. The average molecular weight is 357 g/mol. The van der Waals surface area contributed by atoms with E-state index in [0.717, 1.165) is 44.2 Å². The second kappa shape index (κ2) is 5.69. The number of aliphatic hydroxyl groups is 1. The van der Waals surface area contributed by atoms with Gasteiger partial charge in [-0.2, -0.15) is 10.2 Å². The molecule has 0 bridgehead atoms. The highest BCUT2D eigenvalue weighted by Crippen LogP contribution is 2.66. The molecule has 5 N–H and O–H groups in total. The van der Waals surface area contributed by atoms with Crippen molar-refractivity contribution >= 4 is 11.4 Å². The lowest BCUT2D eigenvalue weighted by Gasteiger charge is -2.57. The van der Waals surface area contributed by atoms with Crippen molar-refractivity contribution in [2.75, 3.05) is 0 Å². The number of nitrogens with two attached hydrogens (primary N) is 2. The van der Waals surface area contributed by atoms with Gasteiger partial charge in [0.2, 0.25) is 0 Å². The van der Waals surface area contributed by atoms with Crippen LogP contribution in [0.2, 0.25) is 0 Å². The molecule has 0 aromatic rings. The van der Waals surface area contributed by atoms with Crippen molar-refractivity contribution in [3.05, 3.63) is 23.8 Å². The minimum absolute atomic E-state index is 0.151. The van der Waals surface area contributed by atoms with Gasteiger partial charge in [0.05, 0.1) is 11.4 Å². The summed E-state index contributed by atoms with van der Waals surface area (Å²) in [4.78, 5) is 0. The Balaban J connectivity index is 1.74. The van der Waals surface area contributed by atoms with Gasteiger partial charge >= 0.3 is 0 Å². The van der Waals surface area contributed by atoms with Crippen LogP contribution in [0.4, 0.5) is 0 Å². The van der Waals surface area contributed by atoms with Gasteiger partial charge in [0.25, 0.3) is 0 Å². The van der Waals surface area contributed by atoms with Crippen LogP contribution in [0.5, 0.6) is 0 Å². The molecule has 142 valence electrons. The Morgan fingerprint density at radius 1 is 1.15 bits per heavy atom. The summed E-state index contributed by atoms with van der Waals surface area (Å²) in [6, 6.07) is 0. The van der Waals surface area contributed by atoms with E-state index in [9.17, 15) is 5.11 Å². The zero-order valence-corrected chi connectivity index (χ0v) is 16.2. The number of fused-ring (bicyclic) bond motifs is 5. The number of hydrogen-bond acceptors (Lipinski definition) is 5. The molecule has 0 heterocycles. The highest BCUT2D eigenvalue weighted by atomic mass is 16.3. The highest BCUT2D eigenvalue weighted by molar-refractivity contribution is 5.97. The summed E-state index contributed by atoms with van der Waals surface area (Å²) in [5.74, 6) is 12.7. The predicted octanol–water partition coefficient (Wildman–Crippen LogP) is 3.11. The standard InChI is InChI=1S/C21H32N4O/c1-13(24-22)21(26)11-8-18-16-5-4-14-12-15(25-23)6-9-19(14,2)17(16)7-10-20(18,21)3/h4-5,12,16-18,26H,6-11,22-23H2,1-3H3/b24-13+,25-15-/t16-,17-,18+,19-,20-,21-/m0/s1. The Hall–Kier alpha value is -1.62. The fourth-order valence-corrected chi connectivity index (χ4v) is 6.83. The Morgan fingerprint density at radius 2 is 1.88 bits per heavy atom. The average Bonchev–Trinajstić information content (AvgIpc) is 2.92. The van der Waals surface area contributed by atoms with Gasteiger partial charge in [-0.05, 0) is 80.3 Å². The third-order valence-electron chi connectivity index (χ3n) is 8.64. The predicted molar refractivity (Wildman–Crippen MR) is 105 cm³/mol. The van der Waals surface area contributed by atoms with E-state index < -0.39 is 5.60 Å². The molecule has 26 heavy (non-hydrogen) atoms. The number of allylic oxidation sites excluding steroid dienone is 4. The molecule has 0 aromatic heterocycles. The second-order valence-electron chi connectivity index (χ2n) is 9.36. The second-order valence-corrected chi connectivity index (χ2v) is 9.36. The molecule has 0 unspecified atom stereocenters. The molecule has 2 saturated carbocycles. The van der Waals surface area contributed by atoms with Gasteiger partial charge in [0.1, 0.15) is 5.60 Å². The van der Waals surface area contributed by atoms with E-state index in [4.69, 9.17) is 11.7 Å². The first kappa shape index (κ1) is 17.8. The molecular weight excluding hydrogens is 324 g/mol. The van der Waals surface area contributed by atoms with E-state index in [0.29, 0.717) is 23.5 Å². The van der Waals surface area contributed by atoms with Gasteiger partial charge in [0.15, 0.2) is 0 Å². The molecule has 4 rings (SSSR count). The molecule has 4 aliphatic rings. The summed E-state index contributed by atoms with van der Waals surface area (Å²) in [7, 11) is 0. The van der Waals surface area contributed by atoms with E-state index in [1.807, 2.05) is 6.92 Å². The van der Waals surface area contributed by atoms with Crippen LogP contribution >= 0.6 is 0 Å². The number of hydrogen-bond donors (Lipinski definition) is 3. The molecule has 5 heteroatoms. The first-order chi connectivity index (χ1) is 12.3. The van der Waals surface area contributed by atoms with E-state index in [-0.39, 0.29) is 10.8 Å². The Kier molecular flexibility index (Phi) is 3.89. The van der Waals surface area contributed by atoms with Crippen LogP contribution < -0.4 is 11.7 Å². The fourth-order valence-electron chi connectivity index (χ4n) is 6.83. The normalized spacial score (nSPS) is 49.4. The molecule has 0 aromatic carbocycles. The van der Waals surface area contributed by atoms with Crippen molar-refractivity contribution in [2.24, 2.45) is 50.5 Å². The molecular formula is C21H32N4O. The summed E-state index contributed by atoms with van der Waals surface area (Å²) < 4.78 is 0. The van der Waals surface area contributed by atoms with Crippen LogP contribution in [0.1, 0.15) is 59.3 Å². The lowest BCUT2D eigenvalue weighted by atomic mass is 9.48. The number of nitrogens with zero attached hydrogens (tertiary/aromatic N) is 2. The maximum Gasteiger partial charge on any atom is 0.110 e. The fraction of sp³-hybridized carbons (Fsp3) is 0.714. The zero-order chi connectivity index (χ0) is 18.7. The van der Waals surface area contributed by atoms with Gasteiger partial charge in [-0.25, -0.2) is 0 Å². The summed E-state index contributed by atoms with van der Waals surface area (Å²) in [6.45, 7) is 6.56. The maximum absolute atomic E-state index is 11.5. The minimum Gasteiger partial charge on any atom is -0.383 e. The summed E-state index contributed by atoms with van der Waals surface area (Å²) in [6.07, 6.45) is 12.9. The van der Waals surface area contributed by atoms with Gasteiger partial charge in [-0.15, -0.1) is 0 Å². The van der Waals surface area contributed by atoms with Gasteiger partial charge in [0, 0.05) is 5.41 Å². The molecule has 6 atom stereocenters. The van der Waals surface area contributed by atoms with Crippen LogP contribution in [0, 0.1) is 28.6 Å². The quantitative estimate of drug-likeness (QED) is 0.382. The van der Waals surface area contributed by atoms with Crippen molar-refractivity contribution in [2.45, 2.75) is 64.9 Å². The first-order valence-electron chi connectivity index (χ1n) is 9.94. The minimum atomic E-state index is -0.867. The lowest BCUT2D eigenvalue weighted by Crippen LogP contribution is -2.56. The Labute approximate surface area is 156 Å². The molecule has 0 amide bonds. The SMILES string of the molecule is C/C(=N\N)[C@@]1(O)CC[C@@H]2[C@H]3C=CC4=C/C(=N\N)CC[C@]4(C)[C@H]3CC[C@@]21C. The van der Waals surface area contributed by atoms with Gasteiger partial charge < -0.3 is 16.8 Å². The first-order valence-corrected chi connectivity index (χ1v) is 9.94. The largest absolute Gasteiger partial charge is 0.383 e. The Morgan fingerprint density at radius 3 is 2.58 bits per heavy atom. The third kappa shape index (κ3) is 2.07. The molecule has 0 saturated heterocycles. The topological polar surface area (TPSA) is 97.0 Å². The zero-order valence-electron chi connectivity index (χ0n) is 16.2. The number of hydrazone groups is 2. The molecule has 2 fully saturated rings. The van der Waals surface area contributed by atoms with Gasteiger partial charge in [-0.3, -0.25) is 0 Å². The van der Waals surface area contributed by atoms with Gasteiger partial charge in [-0.1, -0.05) is 26.0 Å². The molecule has 0 aliphatic heterocycles. The van der Waals surface area contributed by atoms with Crippen molar-refractivity contribution in [3.8, 4) is 0 Å². The van der Waals surface area contributed by atoms with Crippen LogP contribution in [0.3, 0.4) is 0 Å². The number of rotatable bonds is 1. The van der Waals surface area contributed by atoms with Crippen LogP contribution in [-0.4, -0.2) is 22.1 Å².